The van der Waals surface area contributed by atoms with Crippen molar-refractivity contribution in [3.63, 3.8) is 0 Å². The summed E-state index contributed by atoms with van der Waals surface area (Å²) >= 11 is 11.8. The van der Waals surface area contributed by atoms with Crippen molar-refractivity contribution in [1.82, 2.24) is 4.90 Å². The number of nitrogens with zero attached hydrogens (tertiary/aromatic N) is 1. The van der Waals surface area contributed by atoms with E-state index in [2.05, 4.69) is 0 Å². The number of rotatable bonds is 5. The van der Waals surface area contributed by atoms with E-state index in [1.165, 1.54) is 18.1 Å². The first kappa shape index (κ1) is 16.9. The van der Waals surface area contributed by atoms with Crippen molar-refractivity contribution in [2.75, 3.05) is 20.3 Å². The predicted molar refractivity (Wildman–Crippen MR) is 82.1 cm³/mol. The number of benzene rings is 1. The Labute approximate surface area is 138 Å². The summed E-state index contributed by atoms with van der Waals surface area (Å²) in [7, 11) is 1.53. The van der Waals surface area contributed by atoms with Crippen LogP contribution in [-0.2, 0) is 14.3 Å². The van der Waals surface area contributed by atoms with Crippen LogP contribution in [0.25, 0.3) is 0 Å². The van der Waals surface area contributed by atoms with Crippen LogP contribution in [0.3, 0.4) is 0 Å². The molecule has 8 heteroatoms. The Kier molecular flexibility index (Phi) is 5.50. The minimum absolute atomic E-state index is 0.208. The van der Waals surface area contributed by atoms with Gasteiger partial charge in [0.2, 0.25) is 5.91 Å². The molecule has 0 aromatic heterocycles. The average Bonchev–Trinajstić information content (AvgIpc) is 2.90. The van der Waals surface area contributed by atoms with Gasteiger partial charge in [0.15, 0.2) is 6.61 Å². The van der Waals surface area contributed by atoms with Crippen LogP contribution in [0.4, 0.5) is 0 Å². The van der Waals surface area contributed by atoms with Crippen molar-refractivity contribution in [3.8, 4) is 5.75 Å². The molecule has 1 aliphatic heterocycles. The number of hydrogen-bond acceptors (Lipinski definition) is 4. The van der Waals surface area contributed by atoms with Gasteiger partial charge < -0.3 is 20.1 Å². The van der Waals surface area contributed by atoms with E-state index in [4.69, 9.17) is 38.4 Å². The lowest BCUT2D eigenvalue weighted by Gasteiger charge is -2.22. The first-order valence-corrected chi connectivity index (χ1v) is 7.37. The van der Waals surface area contributed by atoms with E-state index in [1.807, 2.05) is 0 Å². The van der Waals surface area contributed by atoms with Crippen LogP contribution >= 0.6 is 23.2 Å². The second-order valence-corrected chi connectivity index (χ2v) is 5.76. The Bertz CT molecular complexity index is 582. The molecular formula is C14H16Cl2N2O4. The van der Waals surface area contributed by atoms with Crippen molar-refractivity contribution >= 4 is 35.0 Å². The van der Waals surface area contributed by atoms with Gasteiger partial charge >= 0.3 is 0 Å². The second-order valence-electron chi connectivity index (χ2n) is 4.92. The van der Waals surface area contributed by atoms with Crippen molar-refractivity contribution in [1.29, 1.82) is 0 Å². The van der Waals surface area contributed by atoms with Crippen LogP contribution in [0, 0.1) is 0 Å². The monoisotopic (exact) mass is 346 g/mol. The van der Waals surface area contributed by atoms with E-state index < -0.39 is 11.9 Å². The largest absolute Gasteiger partial charge is 0.482 e. The maximum Gasteiger partial charge on any atom is 0.261 e. The van der Waals surface area contributed by atoms with Crippen LogP contribution in [0.2, 0.25) is 10.0 Å². The maximum absolute atomic E-state index is 12.2. The molecule has 0 spiro atoms. The summed E-state index contributed by atoms with van der Waals surface area (Å²) in [5.74, 6) is -0.565. The molecule has 2 atom stereocenters. The number of ether oxygens (including phenoxy) is 2. The molecule has 1 aliphatic rings. The lowest BCUT2D eigenvalue weighted by Crippen LogP contribution is -2.45. The number of amides is 2. The van der Waals surface area contributed by atoms with Crippen molar-refractivity contribution in [2.45, 2.75) is 18.6 Å². The number of primary amides is 1. The topological polar surface area (TPSA) is 81.9 Å². The molecule has 1 fully saturated rings. The summed E-state index contributed by atoms with van der Waals surface area (Å²) in [5, 5.41) is 0.780. The van der Waals surface area contributed by atoms with Gasteiger partial charge in [-0.05, 0) is 18.2 Å². The molecule has 1 saturated heterocycles. The summed E-state index contributed by atoms with van der Waals surface area (Å²) in [6.07, 6.45) is 0.180. The number of halogens is 2. The Balaban J connectivity index is 2.00. The van der Waals surface area contributed by atoms with Gasteiger partial charge in [0.05, 0.1) is 11.1 Å². The number of carbonyl (C=O) groups excluding carboxylic acids is 2. The first-order chi connectivity index (χ1) is 10.4. The summed E-state index contributed by atoms with van der Waals surface area (Å²) in [6, 6.07) is 4.02. The molecule has 1 heterocycles. The van der Waals surface area contributed by atoms with Crippen LogP contribution in [0.1, 0.15) is 6.42 Å². The molecule has 1 aromatic rings. The summed E-state index contributed by atoms with van der Waals surface area (Å²) in [5.41, 5.74) is 5.33. The molecule has 1 aromatic carbocycles. The molecule has 120 valence electrons. The standard InChI is InChI=1S/C14H16Cl2N2O4/c1-21-9-5-11(14(17)20)18(6-9)13(19)7-22-12-3-2-8(15)4-10(12)16/h2-4,9,11H,5-7H2,1H3,(H2,17,20)/t9-,11-/m0/s1. The number of hydrogen-bond donors (Lipinski definition) is 1. The van der Waals surface area contributed by atoms with Crippen LogP contribution in [-0.4, -0.2) is 49.1 Å². The summed E-state index contributed by atoms with van der Waals surface area (Å²) in [4.78, 5) is 25.1. The minimum atomic E-state index is -0.679. The fraction of sp³-hybridized carbons (Fsp3) is 0.429. The number of likely N-dealkylation sites (tertiary alicyclic amines) is 1. The van der Waals surface area contributed by atoms with E-state index in [9.17, 15) is 9.59 Å². The molecule has 0 aliphatic carbocycles. The molecular weight excluding hydrogens is 331 g/mol. The van der Waals surface area contributed by atoms with Crippen molar-refractivity contribution in [3.05, 3.63) is 28.2 Å². The van der Waals surface area contributed by atoms with Crippen LogP contribution in [0.15, 0.2) is 18.2 Å². The van der Waals surface area contributed by atoms with Crippen molar-refractivity contribution in [2.24, 2.45) is 5.73 Å². The third-order valence-electron chi connectivity index (χ3n) is 3.49. The molecule has 2 N–H and O–H groups in total. The zero-order valence-corrected chi connectivity index (χ0v) is 13.4. The lowest BCUT2D eigenvalue weighted by atomic mass is 10.2. The zero-order valence-electron chi connectivity index (χ0n) is 11.9. The van der Waals surface area contributed by atoms with Gasteiger partial charge in [0.1, 0.15) is 11.8 Å². The molecule has 2 amide bonds. The fourth-order valence-electron chi connectivity index (χ4n) is 2.33. The van der Waals surface area contributed by atoms with Gasteiger partial charge in [-0.2, -0.15) is 0 Å². The molecule has 2 rings (SSSR count). The van der Waals surface area contributed by atoms with Gasteiger partial charge in [-0.3, -0.25) is 9.59 Å². The van der Waals surface area contributed by atoms with Gasteiger partial charge in [0.25, 0.3) is 5.91 Å². The normalized spacial score (nSPS) is 21.0. The van der Waals surface area contributed by atoms with E-state index in [1.54, 1.807) is 12.1 Å². The van der Waals surface area contributed by atoms with E-state index in [0.717, 1.165) is 0 Å². The molecule has 0 saturated carbocycles. The zero-order chi connectivity index (χ0) is 16.3. The first-order valence-electron chi connectivity index (χ1n) is 6.61. The maximum atomic E-state index is 12.2. The minimum Gasteiger partial charge on any atom is -0.482 e. The Morgan fingerprint density at radius 1 is 1.41 bits per heavy atom. The Morgan fingerprint density at radius 3 is 2.73 bits per heavy atom. The Hall–Kier alpha value is -1.50. The number of methoxy groups -OCH3 is 1. The highest BCUT2D eigenvalue weighted by Crippen LogP contribution is 2.28. The van der Waals surface area contributed by atoms with E-state index in [0.29, 0.717) is 28.8 Å². The van der Waals surface area contributed by atoms with E-state index in [-0.39, 0.29) is 18.6 Å². The van der Waals surface area contributed by atoms with Crippen LogP contribution in [0.5, 0.6) is 5.75 Å². The quantitative estimate of drug-likeness (QED) is 0.875. The highest BCUT2D eigenvalue weighted by molar-refractivity contribution is 6.35. The third kappa shape index (κ3) is 3.82. The highest BCUT2D eigenvalue weighted by atomic mass is 35.5. The lowest BCUT2D eigenvalue weighted by molar-refractivity contribution is -0.139. The van der Waals surface area contributed by atoms with Gasteiger partial charge in [-0.25, -0.2) is 0 Å². The van der Waals surface area contributed by atoms with Crippen LogP contribution < -0.4 is 10.5 Å². The van der Waals surface area contributed by atoms with Gasteiger partial charge in [-0.15, -0.1) is 0 Å². The molecule has 0 unspecified atom stereocenters. The smallest absolute Gasteiger partial charge is 0.261 e. The van der Waals surface area contributed by atoms with Gasteiger partial charge in [0, 0.05) is 25.1 Å². The molecule has 0 bridgehead atoms. The fourth-order valence-corrected chi connectivity index (χ4v) is 2.79. The third-order valence-corrected chi connectivity index (χ3v) is 4.02. The summed E-state index contributed by atoms with van der Waals surface area (Å²) < 4.78 is 10.6. The SMILES string of the molecule is CO[C@H]1C[C@@H](C(N)=O)N(C(=O)COc2ccc(Cl)cc2Cl)C1. The average molecular weight is 347 g/mol. The van der Waals surface area contributed by atoms with E-state index >= 15 is 0 Å². The van der Waals surface area contributed by atoms with Gasteiger partial charge in [-0.1, -0.05) is 23.2 Å². The number of carbonyl (C=O) groups is 2. The second kappa shape index (κ2) is 7.17. The summed E-state index contributed by atoms with van der Waals surface area (Å²) in [6.45, 7) is 0.0578. The molecule has 0 radical (unpaired) electrons. The molecule has 6 nitrogen and oxygen atoms in total. The van der Waals surface area contributed by atoms with Crippen molar-refractivity contribution < 1.29 is 19.1 Å². The highest BCUT2D eigenvalue weighted by Gasteiger charge is 2.38. The number of nitrogens with two attached hydrogens (primary N) is 1. The Morgan fingerprint density at radius 2 is 2.14 bits per heavy atom. The molecule has 22 heavy (non-hydrogen) atoms. The predicted octanol–water partition coefficient (Wildman–Crippen LogP) is 1.47.